The van der Waals surface area contributed by atoms with E-state index in [0.29, 0.717) is 29.4 Å². The number of hydrogen-bond donors (Lipinski definition) is 1. The Labute approximate surface area is 152 Å². The number of nitrogens with one attached hydrogen (secondary N) is 1. The Bertz CT molecular complexity index is 905. The van der Waals surface area contributed by atoms with Gasteiger partial charge in [0.2, 0.25) is 5.78 Å². The number of Topliss-reactive ketones (excluding diaryl/α,β-unsaturated/α-hetero) is 1. The molecule has 0 amide bonds. The van der Waals surface area contributed by atoms with E-state index in [0.717, 1.165) is 16.0 Å². The first-order valence-corrected chi connectivity index (χ1v) is 8.91. The molecule has 4 rings (SSSR count). The number of hydrogen-bond acceptors (Lipinski definition) is 6. The Kier molecular flexibility index (Phi) is 4.42. The van der Waals surface area contributed by atoms with E-state index in [4.69, 9.17) is 16.0 Å². The Morgan fingerprint density at radius 3 is 2.84 bits per heavy atom. The summed E-state index contributed by atoms with van der Waals surface area (Å²) in [5.74, 6) is 0.978. The van der Waals surface area contributed by atoms with E-state index in [-0.39, 0.29) is 11.0 Å². The lowest BCUT2D eigenvalue weighted by molar-refractivity contribution is 0.0963. The van der Waals surface area contributed by atoms with Crippen molar-refractivity contribution in [3.8, 4) is 0 Å². The minimum Gasteiger partial charge on any atom is -0.461 e. The van der Waals surface area contributed by atoms with E-state index >= 15 is 0 Å². The molecule has 25 heavy (non-hydrogen) atoms. The summed E-state index contributed by atoms with van der Waals surface area (Å²) in [5.41, 5.74) is 2.14. The fourth-order valence-electron chi connectivity index (χ4n) is 2.78. The van der Waals surface area contributed by atoms with Crippen LogP contribution >= 0.6 is 23.4 Å². The van der Waals surface area contributed by atoms with Gasteiger partial charge in [-0.05, 0) is 41.8 Å². The van der Waals surface area contributed by atoms with Crippen molar-refractivity contribution in [3.05, 3.63) is 70.4 Å². The minimum atomic E-state index is -0.223. The zero-order chi connectivity index (χ0) is 17.2. The van der Waals surface area contributed by atoms with Crippen LogP contribution in [0.5, 0.6) is 0 Å². The number of ketones is 1. The van der Waals surface area contributed by atoms with E-state index in [1.807, 2.05) is 24.3 Å². The molecule has 8 heteroatoms. The fourth-order valence-corrected chi connectivity index (χ4v) is 4.29. The molecule has 1 unspecified atom stereocenters. The largest absolute Gasteiger partial charge is 0.461 e. The summed E-state index contributed by atoms with van der Waals surface area (Å²) in [6, 6.07) is 11.0. The summed E-state index contributed by atoms with van der Waals surface area (Å²) in [7, 11) is 0. The maximum Gasteiger partial charge on any atom is 0.211 e. The number of aromatic nitrogens is 4. The standard InChI is InChI=1S/C17H13ClN4O2S/c18-12-5-3-10(4-6-12)17-11(9-15-19-21-22-20-15)8-14(25-17)16(23)13-2-1-7-24-13/h1-7,14H,8-9H2,(H,19,20,21,22). The van der Waals surface area contributed by atoms with Crippen LogP contribution < -0.4 is 0 Å². The van der Waals surface area contributed by atoms with Crippen LogP contribution in [-0.4, -0.2) is 31.7 Å². The number of carbonyl (C=O) groups is 1. The second-order valence-electron chi connectivity index (χ2n) is 5.60. The highest BCUT2D eigenvalue weighted by molar-refractivity contribution is 8.09. The number of allylic oxidation sites excluding steroid dienone is 1. The lowest BCUT2D eigenvalue weighted by Gasteiger charge is -2.07. The molecule has 3 heterocycles. The average Bonchev–Trinajstić information content (AvgIpc) is 3.37. The van der Waals surface area contributed by atoms with Gasteiger partial charge in [0.1, 0.15) is 0 Å². The van der Waals surface area contributed by atoms with Crippen LogP contribution in [0.4, 0.5) is 0 Å². The first-order valence-electron chi connectivity index (χ1n) is 7.65. The average molecular weight is 373 g/mol. The van der Waals surface area contributed by atoms with Gasteiger partial charge < -0.3 is 4.42 Å². The summed E-state index contributed by atoms with van der Waals surface area (Å²) >= 11 is 7.54. The van der Waals surface area contributed by atoms with Gasteiger partial charge in [-0.25, -0.2) is 0 Å². The topological polar surface area (TPSA) is 84.7 Å². The number of carbonyl (C=O) groups excluding carboxylic acids is 1. The van der Waals surface area contributed by atoms with Crippen molar-refractivity contribution in [2.75, 3.05) is 0 Å². The maximum absolute atomic E-state index is 12.7. The second-order valence-corrected chi connectivity index (χ2v) is 7.25. The number of tetrazole rings is 1. The third kappa shape index (κ3) is 3.38. The zero-order valence-corrected chi connectivity index (χ0v) is 14.5. The smallest absolute Gasteiger partial charge is 0.211 e. The summed E-state index contributed by atoms with van der Waals surface area (Å²) < 4.78 is 5.27. The van der Waals surface area contributed by atoms with Crippen LogP contribution in [0.15, 0.2) is 52.7 Å². The van der Waals surface area contributed by atoms with Gasteiger partial charge in [0.15, 0.2) is 11.6 Å². The predicted octanol–water partition coefficient (Wildman–Crippen LogP) is 3.79. The third-order valence-corrected chi connectivity index (χ3v) is 5.61. The zero-order valence-electron chi connectivity index (χ0n) is 13.0. The van der Waals surface area contributed by atoms with Gasteiger partial charge >= 0.3 is 0 Å². The number of aromatic amines is 1. The third-order valence-electron chi connectivity index (χ3n) is 3.94. The number of thioether (sulfide) groups is 1. The molecule has 0 aliphatic carbocycles. The van der Waals surface area contributed by atoms with Gasteiger partial charge in [-0.3, -0.25) is 4.79 Å². The second kappa shape index (κ2) is 6.85. The monoisotopic (exact) mass is 372 g/mol. The molecule has 0 saturated heterocycles. The first kappa shape index (κ1) is 16.1. The van der Waals surface area contributed by atoms with E-state index in [1.54, 1.807) is 23.9 Å². The van der Waals surface area contributed by atoms with Crippen molar-refractivity contribution < 1.29 is 9.21 Å². The van der Waals surface area contributed by atoms with Crippen molar-refractivity contribution in [3.63, 3.8) is 0 Å². The van der Waals surface area contributed by atoms with Gasteiger partial charge in [0, 0.05) is 16.3 Å². The van der Waals surface area contributed by atoms with E-state index in [2.05, 4.69) is 20.6 Å². The molecule has 126 valence electrons. The molecular formula is C17H13ClN4O2S. The Balaban J connectivity index is 1.64. The van der Waals surface area contributed by atoms with E-state index in [1.165, 1.54) is 6.26 Å². The van der Waals surface area contributed by atoms with Crippen molar-refractivity contribution in [2.45, 2.75) is 18.1 Å². The summed E-state index contributed by atoms with van der Waals surface area (Å²) in [4.78, 5) is 13.7. The molecule has 1 aliphatic rings. The normalized spacial score (nSPS) is 17.2. The Morgan fingerprint density at radius 1 is 1.32 bits per heavy atom. The van der Waals surface area contributed by atoms with E-state index < -0.39 is 0 Å². The summed E-state index contributed by atoms with van der Waals surface area (Å²) in [5, 5.41) is 14.6. The molecule has 6 nitrogen and oxygen atoms in total. The number of rotatable bonds is 5. The molecule has 1 atom stereocenters. The van der Waals surface area contributed by atoms with Crippen LogP contribution in [0.1, 0.15) is 28.4 Å². The molecule has 1 aromatic carbocycles. The van der Waals surface area contributed by atoms with Gasteiger partial charge in [-0.1, -0.05) is 28.9 Å². The molecule has 1 N–H and O–H groups in total. The van der Waals surface area contributed by atoms with Crippen LogP contribution in [0.25, 0.3) is 4.91 Å². The van der Waals surface area contributed by atoms with Crippen molar-refractivity contribution in [2.24, 2.45) is 0 Å². The number of benzene rings is 1. The number of H-pyrrole nitrogens is 1. The SMILES string of the molecule is O=C(c1ccco1)C1CC(Cc2nn[nH]n2)=C(c2ccc(Cl)cc2)S1. The molecule has 0 bridgehead atoms. The highest BCUT2D eigenvalue weighted by Gasteiger charge is 2.33. The highest BCUT2D eigenvalue weighted by Crippen LogP contribution is 2.46. The van der Waals surface area contributed by atoms with Crippen molar-refractivity contribution >= 4 is 34.1 Å². The van der Waals surface area contributed by atoms with Gasteiger partial charge in [-0.2, -0.15) is 5.21 Å². The fraction of sp³-hybridized carbons (Fsp3) is 0.176. The molecule has 3 aromatic rings. The van der Waals surface area contributed by atoms with Crippen molar-refractivity contribution in [1.82, 2.24) is 20.6 Å². The minimum absolute atomic E-state index is 0.00965. The number of halogens is 1. The van der Waals surface area contributed by atoms with E-state index in [9.17, 15) is 4.79 Å². The molecule has 0 saturated carbocycles. The van der Waals surface area contributed by atoms with Crippen molar-refractivity contribution in [1.29, 1.82) is 0 Å². The van der Waals surface area contributed by atoms with Gasteiger partial charge in [0.25, 0.3) is 0 Å². The highest BCUT2D eigenvalue weighted by atomic mass is 35.5. The Morgan fingerprint density at radius 2 is 2.16 bits per heavy atom. The number of furan rings is 1. The lowest BCUT2D eigenvalue weighted by atomic mass is 10.0. The van der Waals surface area contributed by atoms with Gasteiger partial charge in [0.05, 0.1) is 11.5 Å². The molecule has 0 fully saturated rings. The van der Waals surface area contributed by atoms with Crippen LogP contribution in [0.3, 0.4) is 0 Å². The van der Waals surface area contributed by atoms with Crippen LogP contribution in [0.2, 0.25) is 5.02 Å². The molecule has 0 spiro atoms. The summed E-state index contributed by atoms with van der Waals surface area (Å²) in [6.45, 7) is 0. The Hall–Kier alpha value is -2.38. The summed E-state index contributed by atoms with van der Waals surface area (Å²) in [6.07, 6.45) is 2.68. The predicted molar refractivity (Wildman–Crippen MR) is 95.3 cm³/mol. The molecule has 2 aromatic heterocycles. The number of nitrogens with zero attached hydrogens (tertiary/aromatic N) is 3. The molecule has 0 radical (unpaired) electrons. The quantitative estimate of drug-likeness (QED) is 0.686. The lowest BCUT2D eigenvalue weighted by Crippen LogP contribution is -2.14. The van der Waals surface area contributed by atoms with Crippen LogP contribution in [0, 0.1) is 0 Å². The molecule has 1 aliphatic heterocycles. The van der Waals surface area contributed by atoms with Crippen LogP contribution in [-0.2, 0) is 6.42 Å². The maximum atomic E-state index is 12.7. The van der Waals surface area contributed by atoms with Gasteiger partial charge in [-0.15, -0.1) is 22.0 Å². The molecular weight excluding hydrogens is 360 g/mol. The first-order chi connectivity index (χ1) is 12.2.